The highest BCUT2D eigenvalue weighted by Gasteiger charge is 2.19. The van der Waals surface area contributed by atoms with Crippen LogP contribution in [-0.2, 0) is 28.6 Å². The zero-order valence-electron chi connectivity index (χ0n) is 51.1. The summed E-state index contributed by atoms with van der Waals surface area (Å²) in [4.78, 5) is 38.4. The normalized spacial score (nSPS) is 13.1. The molecule has 6 nitrogen and oxygen atoms in total. The third-order valence-electron chi connectivity index (χ3n) is 13.3. The highest BCUT2D eigenvalue weighted by Crippen LogP contribution is 2.15. The molecule has 0 saturated carbocycles. The van der Waals surface area contributed by atoms with Crippen molar-refractivity contribution in [3.8, 4) is 0 Å². The number of carbonyl (C=O) groups is 3. The van der Waals surface area contributed by atoms with Gasteiger partial charge >= 0.3 is 17.9 Å². The number of ether oxygens (including phenoxy) is 3. The van der Waals surface area contributed by atoms with E-state index in [4.69, 9.17) is 14.2 Å². The first-order valence-corrected chi connectivity index (χ1v) is 32.3. The molecule has 0 spiro atoms. The number of carbonyl (C=O) groups excluding carboxylic acids is 3. The van der Waals surface area contributed by atoms with Gasteiger partial charge in [-0.25, -0.2) is 0 Å². The highest BCUT2D eigenvalue weighted by atomic mass is 16.6. The van der Waals surface area contributed by atoms with Crippen molar-refractivity contribution < 1.29 is 28.6 Å². The van der Waals surface area contributed by atoms with E-state index in [-0.39, 0.29) is 31.1 Å². The van der Waals surface area contributed by atoms with Crippen LogP contribution in [0.25, 0.3) is 0 Å². The molecule has 0 aromatic heterocycles. The Morgan fingerprint density at radius 3 is 0.709 bits per heavy atom. The average Bonchev–Trinajstić information content (AvgIpc) is 3.45. The largest absolute Gasteiger partial charge is 0.462 e. The molecule has 0 amide bonds. The molecule has 1 unspecified atom stereocenters. The second-order valence-electron chi connectivity index (χ2n) is 20.9. The van der Waals surface area contributed by atoms with E-state index in [1.807, 2.05) is 0 Å². The molecule has 0 saturated heterocycles. The Hall–Kier alpha value is -4.71. The Morgan fingerprint density at radius 1 is 0.253 bits per heavy atom. The molecule has 0 aliphatic rings. The third-order valence-corrected chi connectivity index (χ3v) is 13.3. The standard InChI is InChI=1S/C73H118O6/c1-4-7-10-13-16-19-22-25-28-30-32-33-34-35-36-37-38-39-41-42-45-48-51-54-57-60-63-66-72(75)78-69-70(68-77-71(74)65-62-59-56-53-50-47-44-27-24-21-18-15-12-9-6-3)79-73(76)67-64-61-58-55-52-49-46-43-40-31-29-26-23-20-17-14-11-8-5-2/h7-12,16-21,25-29,32-33,35-36,40,43-44,70H,4-6,13-15,22-24,30-31,34,37-39,41-42,45-69H2,1-3H3/b10-7-,11-8-,12-9-,19-16-,20-17-,21-18-,28-25-,29-26-,33-32-,36-35-,43-40-,44-27-. The molecule has 0 aromatic rings. The molecular weight excluding hydrogens is 973 g/mol. The van der Waals surface area contributed by atoms with Crippen LogP contribution in [0, 0.1) is 0 Å². The summed E-state index contributed by atoms with van der Waals surface area (Å²) in [5.41, 5.74) is 0. The summed E-state index contributed by atoms with van der Waals surface area (Å²) >= 11 is 0. The van der Waals surface area contributed by atoms with Crippen molar-refractivity contribution in [2.24, 2.45) is 0 Å². The lowest BCUT2D eigenvalue weighted by atomic mass is 10.0. The van der Waals surface area contributed by atoms with Gasteiger partial charge in [-0.2, -0.15) is 0 Å². The summed E-state index contributed by atoms with van der Waals surface area (Å²) in [6.45, 7) is 6.28. The molecule has 0 aromatic carbocycles. The second-order valence-corrected chi connectivity index (χ2v) is 20.9. The van der Waals surface area contributed by atoms with Gasteiger partial charge in [-0.05, 0) is 135 Å². The number of unbranched alkanes of at least 4 members (excludes halogenated alkanes) is 22. The lowest BCUT2D eigenvalue weighted by Gasteiger charge is -2.18. The predicted molar refractivity (Wildman–Crippen MR) is 343 cm³/mol. The Bertz CT molecular complexity index is 1730. The zero-order chi connectivity index (χ0) is 57.1. The molecule has 0 heterocycles. The van der Waals surface area contributed by atoms with E-state index in [1.165, 1.54) is 70.6 Å². The van der Waals surface area contributed by atoms with Crippen molar-refractivity contribution in [2.45, 2.75) is 284 Å². The van der Waals surface area contributed by atoms with Gasteiger partial charge < -0.3 is 14.2 Å². The van der Waals surface area contributed by atoms with Gasteiger partial charge in [0, 0.05) is 19.3 Å². The first-order valence-electron chi connectivity index (χ1n) is 32.3. The fourth-order valence-electron chi connectivity index (χ4n) is 8.59. The van der Waals surface area contributed by atoms with Gasteiger partial charge in [0.1, 0.15) is 13.2 Å². The van der Waals surface area contributed by atoms with Crippen molar-refractivity contribution in [3.63, 3.8) is 0 Å². The fourth-order valence-corrected chi connectivity index (χ4v) is 8.59. The van der Waals surface area contributed by atoms with Gasteiger partial charge in [0.15, 0.2) is 6.10 Å². The number of hydrogen-bond acceptors (Lipinski definition) is 6. The van der Waals surface area contributed by atoms with Gasteiger partial charge in [0.25, 0.3) is 0 Å². The number of hydrogen-bond donors (Lipinski definition) is 0. The molecule has 0 fully saturated rings. The topological polar surface area (TPSA) is 78.9 Å². The second kappa shape index (κ2) is 65.8. The Kier molecular flexibility index (Phi) is 61.9. The SMILES string of the molecule is CC/C=C\C/C=C\C/C=C\C/C=C\C/C=C\CCCCCCCCCCCCCC(=O)OCC(COC(=O)CCCCCCC/C=C\C/C=C\C/C=C\CC)OC(=O)CCCCCCCC/C=C\C/C=C\C/C=C\C/C=C\CC. The van der Waals surface area contributed by atoms with Crippen molar-refractivity contribution >= 4 is 17.9 Å². The minimum atomic E-state index is -0.802. The molecule has 0 rings (SSSR count). The van der Waals surface area contributed by atoms with Crippen LogP contribution in [0.15, 0.2) is 146 Å². The number of rotatable bonds is 57. The van der Waals surface area contributed by atoms with E-state index in [1.54, 1.807) is 0 Å². The van der Waals surface area contributed by atoms with Crippen LogP contribution in [0.1, 0.15) is 278 Å². The minimum Gasteiger partial charge on any atom is -0.462 e. The fraction of sp³-hybridized carbons (Fsp3) is 0.630. The number of allylic oxidation sites excluding steroid dienone is 24. The number of esters is 3. The molecule has 1 atom stereocenters. The summed E-state index contributed by atoms with van der Waals surface area (Å²) in [6, 6.07) is 0. The monoisotopic (exact) mass is 1090 g/mol. The van der Waals surface area contributed by atoms with Crippen LogP contribution >= 0.6 is 0 Å². The lowest BCUT2D eigenvalue weighted by molar-refractivity contribution is -0.167. The zero-order valence-corrected chi connectivity index (χ0v) is 51.1. The van der Waals surface area contributed by atoms with Crippen molar-refractivity contribution in [3.05, 3.63) is 146 Å². The molecule has 0 radical (unpaired) electrons. The van der Waals surface area contributed by atoms with Crippen molar-refractivity contribution in [1.82, 2.24) is 0 Å². The maximum Gasteiger partial charge on any atom is 0.306 e. The molecule has 0 N–H and O–H groups in total. The van der Waals surface area contributed by atoms with Gasteiger partial charge in [-0.3, -0.25) is 14.4 Å². The maximum absolute atomic E-state index is 12.9. The average molecular weight is 1090 g/mol. The van der Waals surface area contributed by atoms with Gasteiger partial charge in [0.2, 0.25) is 0 Å². The molecule has 79 heavy (non-hydrogen) atoms. The van der Waals surface area contributed by atoms with E-state index in [0.29, 0.717) is 19.3 Å². The van der Waals surface area contributed by atoms with E-state index in [9.17, 15) is 14.4 Å². The van der Waals surface area contributed by atoms with E-state index < -0.39 is 6.10 Å². The van der Waals surface area contributed by atoms with Crippen LogP contribution in [0.4, 0.5) is 0 Å². The van der Waals surface area contributed by atoms with Crippen molar-refractivity contribution in [2.75, 3.05) is 13.2 Å². The van der Waals surface area contributed by atoms with Gasteiger partial charge in [-0.15, -0.1) is 0 Å². The summed E-state index contributed by atoms with van der Waals surface area (Å²) < 4.78 is 16.9. The Balaban J connectivity index is 4.39. The minimum absolute atomic E-state index is 0.0957. The smallest absolute Gasteiger partial charge is 0.306 e. The van der Waals surface area contributed by atoms with E-state index >= 15 is 0 Å². The lowest BCUT2D eigenvalue weighted by Crippen LogP contribution is -2.30. The summed E-state index contributed by atoms with van der Waals surface area (Å²) in [5.74, 6) is -0.929. The van der Waals surface area contributed by atoms with E-state index in [2.05, 4.69) is 167 Å². The van der Waals surface area contributed by atoms with Gasteiger partial charge in [-0.1, -0.05) is 269 Å². The Labute approximate surface area is 487 Å². The molecule has 6 heteroatoms. The predicted octanol–water partition coefficient (Wildman–Crippen LogP) is 22.3. The molecular formula is C73H118O6. The van der Waals surface area contributed by atoms with Crippen LogP contribution in [0.2, 0.25) is 0 Å². The Morgan fingerprint density at radius 2 is 0.456 bits per heavy atom. The van der Waals surface area contributed by atoms with Crippen LogP contribution in [0.5, 0.6) is 0 Å². The third kappa shape index (κ3) is 64.0. The van der Waals surface area contributed by atoms with E-state index in [0.717, 1.165) is 167 Å². The first-order chi connectivity index (χ1) is 39.0. The van der Waals surface area contributed by atoms with Gasteiger partial charge in [0.05, 0.1) is 0 Å². The van der Waals surface area contributed by atoms with Crippen LogP contribution < -0.4 is 0 Å². The van der Waals surface area contributed by atoms with Crippen LogP contribution in [-0.4, -0.2) is 37.2 Å². The molecule has 446 valence electrons. The van der Waals surface area contributed by atoms with Crippen molar-refractivity contribution in [1.29, 1.82) is 0 Å². The quantitative estimate of drug-likeness (QED) is 0.0261. The molecule has 0 aliphatic carbocycles. The highest BCUT2D eigenvalue weighted by molar-refractivity contribution is 5.71. The summed E-state index contributed by atoms with van der Waals surface area (Å²) in [7, 11) is 0. The molecule has 0 bridgehead atoms. The van der Waals surface area contributed by atoms with Crippen LogP contribution in [0.3, 0.4) is 0 Å². The summed E-state index contributed by atoms with van der Waals surface area (Å²) in [6.07, 6.45) is 94.2. The molecule has 0 aliphatic heterocycles. The maximum atomic E-state index is 12.9. The first kappa shape index (κ1) is 74.3. The summed E-state index contributed by atoms with van der Waals surface area (Å²) in [5, 5.41) is 0.